The van der Waals surface area contributed by atoms with Gasteiger partial charge in [-0.25, -0.2) is 0 Å². The molecule has 1 heterocycles. The predicted molar refractivity (Wildman–Crippen MR) is 234 cm³/mol. The van der Waals surface area contributed by atoms with Gasteiger partial charge in [-0.2, -0.15) is 47.4 Å². The van der Waals surface area contributed by atoms with Gasteiger partial charge in [-0.05, 0) is 54.8 Å². The van der Waals surface area contributed by atoms with Crippen LogP contribution in [0.3, 0.4) is 0 Å². The van der Waals surface area contributed by atoms with Gasteiger partial charge in [-0.3, -0.25) is 14.7 Å². The van der Waals surface area contributed by atoms with Crippen molar-refractivity contribution in [1.82, 2.24) is 29.4 Å². The fourth-order valence-corrected chi connectivity index (χ4v) is 9.22. The van der Waals surface area contributed by atoms with Crippen molar-refractivity contribution in [3.8, 4) is 54.6 Å². The summed E-state index contributed by atoms with van der Waals surface area (Å²) in [6.45, 7) is 18.0. The number of nitrogens with zero attached hydrogens (tertiary/aromatic N) is 15. The summed E-state index contributed by atoms with van der Waals surface area (Å²) >= 11 is 0. The van der Waals surface area contributed by atoms with E-state index in [9.17, 15) is 47.4 Å². The van der Waals surface area contributed by atoms with Crippen LogP contribution in [0.1, 0.15) is 80.1 Å². The molecule has 15 nitrogen and oxygen atoms in total. The number of rotatable bonds is 12. The zero-order valence-corrected chi connectivity index (χ0v) is 38.3. The molecule has 3 aliphatic carbocycles. The van der Waals surface area contributed by atoms with Gasteiger partial charge in [-0.1, -0.05) is 41.5 Å². The van der Waals surface area contributed by atoms with Crippen molar-refractivity contribution < 1.29 is 0 Å². The molecule has 63 heavy (non-hydrogen) atoms. The molecular weight excluding hydrogens is 787 g/mol. The first-order chi connectivity index (χ1) is 29.7. The van der Waals surface area contributed by atoms with Gasteiger partial charge in [0, 0.05) is 94.2 Å². The molecule has 1 aliphatic heterocycles. The van der Waals surface area contributed by atoms with Gasteiger partial charge in [0.1, 0.15) is 71.3 Å². The molecule has 0 radical (unpaired) electrons. The lowest BCUT2D eigenvalue weighted by Gasteiger charge is -2.45. The summed E-state index contributed by atoms with van der Waals surface area (Å²) in [6, 6.07) is 18.9. The Kier molecular flexibility index (Phi) is 15.7. The molecule has 0 bridgehead atoms. The molecule has 324 valence electrons. The second-order valence-corrected chi connectivity index (χ2v) is 19.5. The Morgan fingerprint density at radius 3 is 0.825 bits per heavy atom. The highest BCUT2D eigenvalue weighted by Crippen LogP contribution is 2.46. The molecule has 4 aliphatic rings. The molecular formula is C48H57N15. The van der Waals surface area contributed by atoms with Crippen molar-refractivity contribution in [2.45, 2.75) is 80.1 Å². The first-order valence-electron chi connectivity index (χ1n) is 21.1. The molecule has 15 heteroatoms. The molecule has 1 saturated heterocycles. The third kappa shape index (κ3) is 11.5. The van der Waals surface area contributed by atoms with Crippen LogP contribution in [-0.4, -0.2) is 110 Å². The van der Waals surface area contributed by atoms with Gasteiger partial charge in [0.2, 0.25) is 0 Å². The largest absolute Gasteiger partial charge is 0.376 e. The molecule has 0 amide bonds. The molecule has 0 atom stereocenters. The molecule has 0 N–H and O–H groups in total. The Morgan fingerprint density at radius 1 is 0.413 bits per heavy atom. The summed E-state index contributed by atoms with van der Waals surface area (Å²) in [6.07, 6.45) is 3.24. The maximum absolute atomic E-state index is 10.3. The van der Waals surface area contributed by atoms with Gasteiger partial charge in [-0.15, -0.1) is 0 Å². The van der Waals surface area contributed by atoms with Crippen LogP contribution in [-0.2, 0) is 0 Å². The number of allylic oxidation sites excluding steroid dienone is 12. The third-order valence-corrected chi connectivity index (χ3v) is 12.4. The Labute approximate surface area is 374 Å². The monoisotopic (exact) mass is 843 g/mol. The minimum atomic E-state index is -0.263. The summed E-state index contributed by atoms with van der Waals surface area (Å²) in [4.78, 5) is 13.2. The molecule has 0 aromatic carbocycles. The maximum atomic E-state index is 10.3. The van der Waals surface area contributed by atoms with Crippen molar-refractivity contribution in [3.05, 3.63) is 67.2 Å². The van der Waals surface area contributed by atoms with Crippen LogP contribution in [0.25, 0.3) is 0 Å². The Morgan fingerprint density at radius 2 is 0.635 bits per heavy atom. The zero-order valence-electron chi connectivity index (χ0n) is 38.3. The Bertz CT molecular complexity index is 2120. The predicted octanol–water partition coefficient (Wildman–Crippen LogP) is 6.40. The second kappa shape index (κ2) is 20.3. The van der Waals surface area contributed by atoms with Gasteiger partial charge in [0.05, 0.1) is 36.7 Å². The topological polar surface area (TPSA) is 234 Å². The first kappa shape index (κ1) is 48.8. The minimum Gasteiger partial charge on any atom is -0.376 e. The molecule has 0 aromatic heterocycles. The smallest absolute Gasteiger partial charge is 0.134 e. The highest BCUT2D eigenvalue weighted by molar-refractivity contribution is 5.59. The normalized spacial score (nSPS) is 19.7. The Hall–Kier alpha value is -6.87. The van der Waals surface area contributed by atoms with E-state index in [0.29, 0.717) is 131 Å². The highest BCUT2D eigenvalue weighted by atomic mass is 15.5. The van der Waals surface area contributed by atoms with E-state index >= 15 is 0 Å². The maximum Gasteiger partial charge on any atom is 0.134 e. The fourth-order valence-electron chi connectivity index (χ4n) is 9.22. The second-order valence-electron chi connectivity index (χ2n) is 19.5. The minimum absolute atomic E-state index is 0.0306. The summed E-state index contributed by atoms with van der Waals surface area (Å²) < 4.78 is 0. The van der Waals surface area contributed by atoms with Gasteiger partial charge in [0.25, 0.3) is 0 Å². The van der Waals surface area contributed by atoms with E-state index in [1.165, 1.54) is 0 Å². The summed E-state index contributed by atoms with van der Waals surface area (Å²) in [7, 11) is 5.85. The van der Waals surface area contributed by atoms with Crippen LogP contribution in [0.2, 0.25) is 0 Å². The molecule has 0 unspecified atom stereocenters. The van der Waals surface area contributed by atoms with Gasteiger partial charge >= 0.3 is 0 Å². The lowest BCUT2D eigenvalue weighted by Crippen LogP contribution is -2.57. The van der Waals surface area contributed by atoms with E-state index in [-0.39, 0.29) is 33.0 Å². The van der Waals surface area contributed by atoms with Crippen LogP contribution in [0.15, 0.2) is 67.2 Å². The van der Waals surface area contributed by atoms with Crippen LogP contribution in [0, 0.1) is 118 Å². The van der Waals surface area contributed by atoms with Crippen LogP contribution in [0.5, 0.6) is 0 Å². The van der Waals surface area contributed by atoms with Gasteiger partial charge < -0.3 is 14.7 Å². The molecule has 1 fully saturated rings. The first-order valence-corrected chi connectivity index (χ1v) is 21.1. The number of hydrogen-bond acceptors (Lipinski definition) is 15. The average molecular weight is 844 g/mol. The van der Waals surface area contributed by atoms with Crippen LogP contribution >= 0.6 is 0 Å². The molecule has 0 spiro atoms. The lowest BCUT2D eigenvalue weighted by molar-refractivity contribution is -0.0347. The average Bonchev–Trinajstić information content (AvgIpc) is 3.23. The highest BCUT2D eigenvalue weighted by Gasteiger charge is 2.37. The van der Waals surface area contributed by atoms with Crippen molar-refractivity contribution >= 4 is 0 Å². The summed E-state index contributed by atoms with van der Waals surface area (Å²) in [5.74, 6) is 0. The number of nitriles is 9. The van der Waals surface area contributed by atoms with Crippen LogP contribution in [0.4, 0.5) is 0 Å². The van der Waals surface area contributed by atoms with E-state index < -0.39 is 0 Å². The van der Waals surface area contributed by atoms with E-state index in [1.54, 1.807) is 0 Å². The van der Waals surface area contributed by atoms with E-state index in [1.807, 2.05) is 57.6 Å². The van der Waals surface area contributed by atoms with Crippen molar-refractivity contribution in [2.75, 3.05) is 80.4 Å². The van der Waals surface area contributed by atoms with E-state index in [4.69, 9.17) is 0 Å². The third-order valence-electron chi connectivity index (χ3n) is 12.4. The SMILES string of the molecule is CN(CCN1CN(CCN(C)C2=C(C#N)C(=C(C#N)C#N)CC(C)(C)C2)CN(CCN(C)C2=C(C#N)C(=C(C#N)C#N)CC(C)(C)C2)C1)C1=C(C#N)C(=C(C#N)C#N)CC(C)(C)C1. The standard InChI is InChI=1S/C48H57N15/c1-46(2)16-37(34(22-49)23-50)40(28-55)43(19-46)58(7)10-13-61-31-62(14-11-59(8)44-20-47(3,4)17-38(41(44)29-56)35(24-51)25-52)33-63(32-61)15-12-60(9)45-21-48(5,6)18-39(42(45)30-57)36(26-53)27-54/h10-21,31-33H2,1-9H3. The lowest BCUT2D eigenvalue weighted by atomic mass is 9.72. The van der Waals surface area contributed by atoms with Crippen LogP contribution < -0.4 is 0 Å². The van der Waals surface area contributed by atoms with Crippen molar-refractivity contribution in [3.63, 3.8) is 0 Å². The fraction of sp³-hybridized carbons (Fsp3) is 0.562. The van der Waals surface area contributed by atoms with Crippen molar-refractivity contribution in [2.24, 2.45) is 16.2 Å². The van der Waals surface area contributed by atoms with Gasteiger partial charge in [0.15, 0.2) is 0 Å². The summed E-state index contributed by atoms with van der Waals surface area (Å²) in [5.41, 5.74) is 4.20. The van der Waals surface area contributed by atoms with Crippen molar-refractivity contribution in [1.29, 1.82) is 47.4 Å². The quantitative estimate of drug-likeness (QED) is 0.193. The number of hydrogen-bond donors (Lipinski definition) is 0. The molecule has 0 aromatic rings. The van der Waals surface area contributed by atoms with E-state index in [2.05, 4.69) is 89.1 Å². The molecule has 0 saturated carbocycles. The summed E-state index contributed by atoms with van der Waals surface area (Å²) in [5, 5.41) is 89.3. The number of likely N-dealkylation sites (N-methyl/N-ethyl adjacent to an activating group) is 3. The van der Waals surface area contributed by atoms with E-state index in [0.717, 1.165) is 17.1 Å². The molecule has 4 rings (SSSR count). The zero-order chi connectivity index (χ0) is 46.9. The Balaban J connectivity index is 1.64.